The van der Waals surface area contributed by atoms with Crippen LogP contribution in [0.5, 0.6) is 0 Å². The van der Waals surface area contributed by atoms with Crippen LogP contribution in [0.3, 0.4) is 0 Å². The maximum absolute atomic E-state index is 12.4. The topological polar surface area (TPSA) is 96.6 Å². The first-order valence-corrected chi connectivity index (χ1v) is 10.8. The number of esters is 2. The Hall–Kier alpha value is -3.94. The molecule has 0 fully saturated rings. The summed E-state index contributed by atoms with van der Waals surface area (Å²) in [6.07, 6.45) is 0. The van der Waals surface area contributed by atoms with E-state index in [0.717, 1.165) is 22.8 Å². The summed E-state index contributed by atoms with van der Waals surface area (Å²) in [4.78, 5) is 49.4. The first-order valence-electron chi connectivity index (χ1n) is 10.8. The number of nitrogens with zero attached hydrogens (tertiary/aromatic N) is 2. The molecule has 3 rings (SSSR count). The molecule has 0 N–H and O–H groups in total. The van der Waals surface area contributed by atoms with Gasteiger partial charge in [-0.05, 0) is 64.1 Å². The lowest BCUT2D eigenvalue weighted by molar-refractivity contribution is 0.0467. The first-order chi connectivity index (χ1) is 16.0. The van der Waals surface area contributed by atoms with Crippen LogP contribution < -0.4 is 0 Å². The van der Waals surface area contributed by atoms with E-state index in [1.807, 2.05) is 50.9 Å². The van der Waals surface area contributed by atoms with E-state index in [-0.39, 0.29) is 35.9 Å². The number of ether oxygens (including phenoxy) is 2. The van der Waals surface area contributed by atoms with Crippen LogP contribution in [0.15, 0.2) is 36.4 Å². The van der Waals surface area contributed by atoms with Gasteiger partial charge in [0.2, 0.25) is 11.6 Å². The Morgan fingerprint density at radius 1 is 0.647 bits per heavy atom. The van der Waals surface area contributed by atoms with E-state index in [1.54, 1.807) is 12.1 Å². The number of aryl methyl sites for hydroxylation is 2. The molecule has 2 heterocycles. The highest BCUT2D eigenvalue weighted by atomic mass is 16.5. The summed E-state index contributed by atoms with van der Waals surface area (Å²) in [6, 6.07) is 9.16. The van der Waals surface area contributed by atoms with Crippen molar-refractivity contribution in [2.45, 2.75) is 27.7 Å². The zero-order chi connectivity index (χ0) is 25.2. The van der Waals surface area contributed by atoms with Gasteiger partial charge >= 0.3 is 11.9 Å². The fourth-order valence-electron chi connectivity index (χ4n) is 3.60. The van der Waals surface area contributed by atoms with Crippen LogP contribution in [-0.2, 0) is 23.6 Å². The van der Waals surface area contributed by atoms with Gasteiger partial charge in [0.25, 0.3) is 0 Å². The molecule has 0 spiro atoms. The van der Waals surface area contributed by atoms with Crippen molar-refractivity contribution in [3.05, 3.63) is 81.4 Å². The average molecular weight is 465 g/mol. The van der Waals surface area contributed by atoms with Gasteiger partial charge in [-0.3, -0.25) is 9.59 Å². The maximum Gasteiger partial charge on any atom is 0.338 e. The van der Waals surface area contributed by atoms with E-state index in [9.17, 15) is 19.2 Å². The van der Waals surface area contributed by atoms with E-state index in [2.05, 4.69) is 0 Å². The minimum Gasteiger partial charge on any atom is -0.454 e. The van der Waals surface area contributed by atoms with Crippen molar-refractivity contribution in [1.82, 2.24) is 9.13 Å². The molecule has 2 aromatic heterocycles. The van der Waals surface area contributed by atoms with Crippen molar-refractivity contribution in [2.24, 2.45) is 14.1 Å². The Morgan fingerprint density at radius 3 is 1.24 bits per heavy atom. The third-order valence-corrected chi connectivity index (χ3v) is 6.18. The Labute approximate surface area is 198 Å². The van der Waals surface area contributed by atoms with Crippen molar-refractivity contribution < 1.29 is 28.7 Å². The second-order valence-corrected chi connectivity index (χ2v) is 8.26. The quantitative estimate of drug-likeness (QED) is 0.373. The number of rotatable bonds is 8. The largest absolute Gasteiger partial charge is 0.454 e. The molecule has 0 saturated carbocycles. The predicted octanol–water partition coefficient (Wildman–Crippen LogP) is 3.68. The SMILES string of the molecule is Cc1cc(C(=O)COC(=O)c2ccc(C(=O)OCC(=O)c3cc(C)n(C)c3C)cc2)c(C)n1C. The van der Waals surface area contributed by atoms with Crippen LogP contribution in [0.4, 0.5) is 0 Å². The lowest BCUT2D eigenvalue weighted by Gasteiger charge is -2.07. The smallest absolute Gasteiger partial charge is 0.338 e. The number of hydrogen-bond acceptors (Lipinski definition) is 6. The lowest BCUT2D eigenvalue weighted by Crippen LogP contribution is -2.16. The number of benzene rings is 1. The van der Waals surface area contributed by atoms with E-state index >= 15 is 0 Å². The van der Waals surface area contributed by atoms with E-state index in [1.165, 1.54) is 24.3 Å². The van der Waals surface area contributed by atoms with E-state index in [0.29, 0.717) is 11.1 Å². The number of carbonyl (C=O) groups is 4. The first kappa shape index (κ1) is 24.7. The molecule has 8 heteroatoms. The highest BCUT2D eigenvalue weighted by molar-refractivity contribution is 6.01. The number of aromatic nitrogens is 2. The van der Waals surface area contributed by atoms with Crippen LogP contribution in [0.1, 0.15) is 64.2 Å². The van der Waals surface area contributed by atoms with E-state index in [4.69, 9.17) is 9.47 Å². The summed E-state index contributed by atoms with van der Waals surface area (Å²) in [6.45, 7) is 6.68. The fraction of sp³-hybridized carbons (Fsp3) is 0.308. The lowest BCUT2D eigenvalue weighted by atomic mass is 10.1. The summed E-state index contributed by atoms with van der Waals surface area (Å²) in [5.74, 6) is -1.93. The minimum atomic E-state index is -0.677. The molecular formula is C26H28N2O6. The fourth-order valence-corrected chi connectivity index (χ4v) is 3.60. The molecule has 178 valence electrons. The molecule has 0 aliphatic carbocycles. The average Bonchev–Trinajstić information content (AvgIpc) is 3.24. The van der Waals surface area contributed by atoms with Gasteiger partial charge < -0.3 is 18.6 Å². The molecule has 0 radical (unpaired) electrons. The van der Waals surface area contributed by atoms with Crippen LogP contribution in [0, 0.1) is 27.7 Å². The molecule has 0 amide bonds. The molecule has 0 aliphatic rings. The molecular weight excluding hydrogens is 436 g/mol. The summed E-state index contributed by atoms with van der Waals surface area (Å²) in [5, 5.41) is 0. The minimum absolute atomic E-state index is 0.191. The summed E-state index contributed by atoms with van der Waals surface area (Å²) in [5.41, 5.74) is 4.89. The Bertz CT molecular complexity index is 1180. The molecule has 0 atom stereocenters. The Balaban J connectivity index is 1.55. The molecule has 0 unspecified atom stereocenters. The molecule has 1 aromatic carbocycles. The van der Waals surface area contributed by atoms with Gasteiger partial charge in [-0.15, -0.1) is 0 Å². The van der Waals surface area contributed by atoms with Gasteiger partial charge in [-0.2, -0.15) is 0 Å². The monoisotopic (exact) mass is 464 g/mol. The normalized spacial score (nSPS) is 10.8. The number of ketones is 2. The summed E-state index contributed by atoms with van der Waals surface area (Å²) < 4.78 is 14.1. The van der Waals surface area contributed by atoms with Gasteiger partial charge in [0.1, 0.15) is 0 Å². The summed E-state index contributed by atoms with van der Waals surface area (Å²) in [7, 11) is 3.72. The molecule has 0 aliphatic heterocycles. The second-order valence-electron chi connectivity index (χ2n) is 8.26. The third kappa shape index (κ3) is 5.01. The number of Topliss-reactive ketones (excluding diaryl/α,β-unsaturated/α-hetero) is 2. The van der Waals surface area contributed by atoms with Gasteiger partial charge in [0.15, 0.2) is 13.2 Å². The highest BCUT2D eigenvalue weighted by Crippen LogP contribution is 2.16. The van der Waals surface area contributed by atoms with Crippen molar-refractivity contribution in [3.8, 4) is 0 Å². The zero-order valence-corrected chi connectivity index (χ0v) is 20.2. The van der Waals surface area contributed by atoms with E-state index < -0.39 is 11.9 Å². The number of carbonyl (C=O) groups excluding carboxylic acids is 4. The van der Waals surface area contributed by atoms with Crippen LogP contribution >= 0.6 is 0 Å². The standard InChI is InChI=1S/C26H28N2O6/c1-15-11-21(17(3)27(15)5)23(29)13-33-25(31)19-7-9-20(10-8-19)26(32)34-14-24(30)22-12-16(2)28(6)18(22)4/h7-12H,13-14H2,1-6H3. The predicted molar refractivity (Wildman–Crippen MR) is 125 cm³/mol. The third-order valence-electron chi connectivity index (χ3n) is 6.18. The van der Waals surface area contributed by atoms with Gasteiger partial charge in [-0.25, -0.2) is 9.59 Å². The molecule has 0 saturated heterocycles. The molecule has 3 aromatic rings. The highest BCUT2D eigenvalue weighted by Gasteiger charge is 2.19. The van der Waals surface area contributed by atoms with Gasteiger partial charge in [0, 0.05) is 48.0 Å². The Morgan fingerprint density at radius 2 is 0.971 bits per heavy atom. The second kappa shape index (κ2) is 9.91. The maximum atomic E-state index is 12.4. The van der Waals surface area contributed by atoms with Crippen LogP contribution in [0.2, 0.25) is 0 Å². The van der Waals surface area contributed by atoms with Gasteiger partial charge in [0.05, 0.1) is 11.1 Å². The number of hydrogen-bond donors (Lipinski definition) is 0. The Kier molecular flexibility index (Phi) is 7.20. The van der Waals surface area contributed by atoms with Crippen LogP contribution in [0.25, 0.3) is 0 Å². The van der Waals surface area contributed by atoms with Crippen molar-refractivity contribution in [3.63, 3.8) is 0 Å². The molecule has 0 bridgehead atoms. The summed E-state index contributed by atoms with van der Waals surface area (Å²) >= 11 is 0. The molecule has 34 heavy (non-hydrogen) atoms. The van der Waals surface area contributed by atoms with Crippen molar-refractivity contribution in [1.29, 1.82) is 0 Å². The van der Waals surface area contributed by atoms with Crippen molar-refractivity contribution >= 4 is 23.5 Å². The van der Waals surface area contributed by atoms with Crippen molar-refractivity contribution in [2.75, 3.05) is 13.2 Å². The zero-order valence-electron chi connectivity index (χ0n) is 20.2. The van der Waals surface area contributed by atoms with Crippen LogP contribution in [-0.4, -0.2) is 45.9 Å². The molecule has 8 nitrogen and oxygen atoms in total. The van der Waals surface area contributed by atoms with Gasteiger partial charge in [-0.1, -0.05) is 0 Å².